The van der Waals surface area contributed by atoms with Crippen molar-refractivity contribution in [1.29, 1.82) is 0 Å². The van der Waals surface area contributed by atoms with Gasteiger partial charge in [0.1, 0.15) is 5.75 Å². The molecule has 0 spiro atoms. The molecule has 3 heteroatoms. The topological polar surface area (TPSA) is 21.3 Å². The largest absolute Gasteiger partial charge is 0.493 e. The Hall–Kier alpha value is -0.730. The van der Waals surface area contributed by atoms with Gasteiger partial charge >= 0.3 is 0 Å². The molecule has 88 valence electrons. The predicted molar refractivity (Wildman–Crippen MR) is 67.5 cm³/mol. The van der Waals surface area contributed by atoms with Crippen LogP contribution in [0, 0.1) is 0 Å². The number of hydrogen-bond acceptors (Lipinski definition) is 2. The highest BCUT2D eigenvalue weighted by molar-refractivity contribution is 6.20. The third-order valence-corrected chi connectivity index (χ3v) is 3.13. The lowest BCUT2D eigenvalue weighted by Crippen LogP contribution is -2.24. The van der Waals surface area contributed by atoms with Gasteiger partial charge in [-0.3, -0.25) is 0 Å². The Balaban J connectivity index is 1.80. The number of fused-ring (bicyclic) bond motifs is 1. The molecule has 0 bridgehead atoms. The summed E-state index contributed by atoms with van der Waals surface area (Å²) in [6, 6.07) is 8.28. The molecule has 1 aromatic carbocycles. The van der Waals surface area contributed by atoms with E-state index in [0.29, 0.717) is 5.92 Å². The number of alkyl halides is 1. The lowest BCUT2D eigenvalue weighted by Gasteiger charge is -2.10. The summed E-state index contributed by atoms with van der Waals surface area (Å²) in [5.41, 5.74) is 1.33. The second kappa shape index (κ2) is 5.55. The summed E-state index contributed by atoms with van der Waals surface area (Å²) in [5, 5.41) is 3.68. The average molecular weight is 240 g/mol. The van der Waals surface area contributed by atoms with E-state index >= 15 is 0 Å². The third kappa shape index (κ3) is 2.89. The van der Waals surface area contributed by atoms with Gasteiger partial charge in [-0.2, -0.15) is 0 Å². The molecule has 2 nitrogen and oxygen atoms in total. The fourth-order valence-electron chi connectivity index (χ4n) is 1.98. The van der Waals surface area contributed by atoms with E-state index < -0.39 is 0 Å². The van der Waals surface area contributed by atoms with Crippen molar-refractivity contribution in [3.05, 3.63) is 29.8 Å². The van der Waals surface area contributed by atoms with Gasteiger partial charge in [-0.15, -0.1) is 11.6 Å². The van der Waals surface area contributed by atoms with Gasteiger partial charge in [-0.25, -0.2) is 0 Å². The Morgan fingerprint density at radius 1 is 1.50 bits per heavy atom. The predicted octanol–water partition coefficient (Wildman–Crippen LogP) is 2.77. The highest BCUT2D eigenvalue weighted by Gasteiger charge is 2.22. The van der Waals surface area contributed by atoms with Gasteiger partial charge in [0.05, 0.1) is 6.61 Å². The molecule has 1 N–H and O–H groups in total. The Kier molecular flexibility index (Phi) is 4.08. The summed E-state index contributed by atoms with van der Waals surface area (Å²) in [4.78, 5) is 0. The molecule has 2 unspecified atom stereocenters. The zero-order valence-corrected chi connectivity index (χ0v) is 10.3. The molecule has 0 saturated heterocycles. The zero-order chi connectivity index (χ0) is 11.4. The summed E-state index contributed by atoms with van der Waals surface area (Å²) >= 11 is 5.89. The van der Waals surface area contributed by atoms with Crippen LogP contribution in [0.2, 0.25) is 0 Å². The standard InChI is InChI=1S/C13H18ClNO/c1-10(14)6-7-15-8-11-9-16-13-5-3-2-4-12(11)13/h2-5,10-11,15H,6-9H2,1H3. The fourth-order valence-corrected chi connectivity index (χ4v) is 2.08. The number of rotatable bonds is 5. The van der Waals surface area contributed by atoms with E-state index in [1.54, 1.807) is 0 Å². The quantitative estimate of drug-likeness (QED) is 0.630. The number of para-hydroxylation sites is 1. The summed E-state index contributed by atoms with van der Waals surface area (Å²) in [7, 11) is 0. The molecule has 1 aliphatic rings. The van der Waals surface area contributed by atoms with Crippen LogP contribution in [0.25, 0.3) is 0 Å². The molecule has 16 heavy (non-hydrogen) atoms. The minimum Gasteiger partial charge on any atom is -0.493 e. The highest BCUT2D eigenvalue weighted by atomic mass is 35.5. The Labute approximate surface area is 102 Å². The Bertz CT molecular complexity index is 340. The lowest BCUT2D eigenvalue weighted by atomic mass is 10.0. The maximum absolute atomic E-state index is 5.89. The van der Waals surface area contributed by atoms with Crippen LogP contribution in [0.1, 0.15) is 24.8 Å². The molecule has 0 fully saturated rings. The van der Waals surface area contributed by atoms with Crippen molar-refractivity contribution < 1.29 is 4.74 Å². The van der Waals surface area contributed by atoms with Crippen LogP contribution in [0.4, 0.5) is 0 Å². The summed E-state index contributed by atoms with van der Waals surface area (Å²) < 4.78 is 5.62. The SMILES string of the molecule is CC(Cl)CCNCC1COc2ccccc21. The minimum atomic E-state index is 0.250. The van der Waals surface area contributed by atoms with E-state index in [0.717, 1.165) is 31.9 Å². The lowest BCUT2D eigenvalue weighted by molar-refractivity contribution is 0.326. The van der Waals surface area contributed by atoms with Gasteiger partial charge in [-0.1, -0.05) is 18.2 Å². The fraction of sp³-hybridized carbons (Fsp3) is 0.538. The van der Waals surface area contributed by atoms with Crippen LogP contribution in [0.15, 0.2) is 24.3 Å². The maximum Gasteiger partial charge on any atom is 0.122 e. The van der Waals surface area contributed by atoms with Crippen molar-refractivity contribution in [2.24, 2.45) is 0 Å². The molecule has 0 aliphatic carbocycles. The zero-order valence-electron chi connectivity index (χ0n) is 9.58. The van der Waals surface area contributed by atoms with E-state index in [-0.39, 0.29) is 5.38 Å². The van der Waals surface area contributed by atoms with E-state index in [1.165, 1.54) is 5.56 Å². The molecule has 1 heterocycles. The molecular formula is C13H18ClNO. The van der Waals surface area contributed by atoms with Gasteiger partial charge in [-0.05, 0) is 26.0 Å². The molecule has 0 radical (unpaired) electrons. The van der Waals surface area contributed by atoms with Crippen molar-refractivity contribution in [2.75, 3.05) is 19.7 Å². The van der Waals surface area contributed by atoms with Gasteiger partial charge in [0, 0.05) is 23.4 Å². The number of ether oxygens (including phenoxy) is 1. The van der Waals surface area contributed by atoms with Crippen LogP contribution in [-0.2, 0) is 0 Å². The normalized spacial score (nSPS) is 20.2. The third-order valence-electron chi connectivity index (χ3n) is 2.91. The first-order chi connectivity index (χ1) is 7.77. The van der Waals surface area contributed by atoms with Gasteiger partial charge in [0.2, 0.25) is 0 Å². The van der Waals surface area contributed by atoms with Crippen LogP contribution < -0.4 is 10.1 Å². The molecule has 0 saturated carbocycles. The summed E-state index contributed by atoms with van der Waals surface area (Å²) in [6.07, 6.45) is 1.01. The van der Waals surface area contributed by atoms with Crippen LogP contribution in [-0.4, -0.2) is 25.1 Å². The van der Waals surface area contributed by atoms with Crippen molar-refractivity contribution in [3.8, 4) is 5.75 Å². The van der Waals surface area contributed by atoms with E-state index in [1.807, 2.05) is 19.1 Å². The molecule has 2 rings (SSSR count). The first-order valence-corrected chi connectivity index (χ1v) is 6.27. The van der Waals surface area contributed by atoms with Gasteiger partial charge < -0.3 is 10.1 Å². The van der Waals surface area contributed by atoms with Crippen LogP contribution in [0.3, 0.4) is 0 Å². The average Bonchev–Trinajstić information content (AvgIpc) is 2.68. The number of hydrogen-bond donors (Lipinski definition) is 1. The molecular weight excluding hydrogens is 222 g/mol. The minimum absolute atomic E-state index is 0.250. The van der Waals surface area contributed by atoms with Crippen molar-refractivity contribution in [3.63, 3.8) is 0 Å². The van der Waals surface area contributed by atoms with Gasteiger partial charge in [0.25, 0.3) is 0 Å². The summed E-state index contributed by atoms with van der Waals surface area (Å²) in [5.74, 6) is 1.53. The van der Waals surface area contributed by atoms with Crippen molar-refractivity contribution in [1.82, 2.24) is 5.32 Å². The number of benzene rings is 1. The van der Waals surface area contributed by atoms with Crippen molar-refractivity contribution >= 4 is 11.6 Å². The molecule has 2 atom stereocenters. The number of halogens is 1. The van der Waals surface area contributed by atoms with Crippen LogP contribution in [0.5, 0.6) is 5.75 Å². The molecule has 0 aromatic heterocycles. The van der Waals surface area contributed by atoms with Crippen LogP contribution >= 0.6 is 11.6 Å². The van der Waals surface area contributed by atoms with E-state index in [4.69, 9.17) is 16.3 Å². The second-order valence-electron chi connectivity index (χ2n) is 4.32. The summed E-state index contributed by atoms with van der Waals surface area (Å²) in [6.45, 7) is 4.77. The second-order valence-corrected chi connectivity index (χ2v) is 5.06. The Morgan fingerprint density at radius 3 is 3.12 bits per heavy atom. The van der Waals surface area contributed by atoms with E-state index in [2.05, 4.69) is 17.4 Å². The monoisotopic (exact) mass is 239 g/mol. The van der Waals surface area contributed by atoms with E-state index in [9.17, 15) is 0 Å². The van der Waals surface area contributed by atoms with Crippen molar-refractivity contribution in [2.45, 2.75) is 24.6 Å². The molecule has 1 aromatic rings. The first kappa shape index (κ1) is 11.7. The highest BCUT2D eigenvalue weighted by Crippen LogP contribution is 2.32. The smallest absolute Gasteiger partial charge is 0.122 e. The Morgan fingerprint density at radius 2 is 2.31 bits per heavy atom. The molecule has 0 amide bonds. The molecule has 1 aliphatic heterocycles. The van der Waals surface area contributed by atoms with Gasteiger partial charge in [0.15, 0.2) is 0 Å². The first-order valence-electron chi connectivity index (χ1n) is 5.84. The maximum atomic E-state index is 5.89. The number of nitrogens with one attached hydrogen (secondary N) is 1.